The van der Waals surface area contributed by atoms with E-state index in [1.54, 1.807) is 7.11 Å². The fraction of sp³-hybridized carbons (Fsp3) is 0.500. The molecular weight excluding hydrogens is 276 g/mol. The second-order valence-corrected chi connectivity index (χ2v) is 6.65. The summed E-state index contributed by atoms with van der Waals surface area (Å²) in [5.41, 5.74) is 2.43. The number of rotatable bonds is 3. The summed E-state index contributed by atoms with van der Waals surface area (Å²) in [7, 11) is 1.71. The van der Waals surface area contributed by atoms with E-state index in [1.807, 2.05) is 11.0 Å². The summed E-state index contributed by atoms with van der Waals surface area (Å²) >= 11 is 0. The number of nitrogens with zero attached hydrogens (tertiary/aromatic N) is 2. The molecule has 2 rings (SSSR count). The molecule has 1 aromatic carbocycles. The summed E-state index contributed by atoms with van der Waals surface area (Å²) in [6, 6.07) is 6.35. The van der Waals surface area contributed by atoms with E-state index in [2.05, 4.69) is 44.4 Å². The lowest BCUT2D eigenvalue weighted by molar-refractivity contribution is -0.126. The molecule has 0 bridgehead atoms. The lowest BCUT2D eigenvalue weighted by atomic mass is 9.86. The molecule has 0 aromatic heterocycles. The van der Waals surface area contributed by atoms with Gasteiger partial charge in [0.1, 0.15) is 5.75 Å². The van der Waals surface area contributed by atoms with Gasteiger partial charge in [-0.3, -0.25) is 4.79 Å². The monoisotopic (exact) mass is 302 g/mol. The highest BCUT2D eigenvalue weighted by Gasteiger charge is 2.23. The minimum absolute atomic E-state index is 0.0183. The second-order valence-electron chi connectivity index (χ2n) is 6.65. The quantitative estimate of drug-likeness (QED) is 0.805. The summed E-state index contributed by atoms with van der Waals surface area (Å²) in [6.07, 6.45) is 1.39. The molecule has 0 unspecified atom stereocenters. The molecule has 0 N–H and O–H groups in total. The predicted molar refractivity (Wildman–Crippen MR) is 90.7 cm³/mol. The number of carbonyl (C=O) groups is 1. The number of ether oxygens (including phenoxy) is 1. The first kappa shape index (κ1) is 16.4. The molecule has 1 aliphatic rings. The summed E-state index contributed by atoms with van der Waals surface area (Å²) < 4.78 is 5.49. The number of methoxy groups -OCH3 is 1. The number of piperazine rings is 1. The standard InChI is InChI=1S/C18H26N2O2/c1-6-17(21)20-11-9-19(10-12-20)14-7-8-16(22-5)15(13-14)18(2,3)4/h6-8,13H,1,9-12H2,2-5H3. The topological polar surface area (TPSA) is 32.8 Å². The Hall–Kier alpha value is -1.97. The van der Waals surface area contributed by atoms with E-state index in [0.717, 1.165) is 31.9 Å². The van der Waals surface area contributed by atoms with Gasteiger partial charge in [-0.05, 0) is 29.7 Å². The van der Waals surface area contributed by atoms with Gasteiger partial charge in [0, 0.05) is 37.4 Å². The maximum absolute atomic E-state index is 11.7. The average molecular weight is 302 g/mol. The molecule has 1 amide bonds. The molecular formula is C18H26N2O2. The summed E-state index contributed by atoms with van der Waals surface area (Å²) in [4.78, 5) is 15.8. The molecule has 120 valence electrons. The molecule has 4 nitrogen and oxygen atoms in total. The molecule has 0 saturated carbocycles. The molecule has 1 aromatic rings. The zero-order chi connectivity index (χ0) is 16.3. The van der Waals surface area contributed by atoms with E-state index in [4.69, 9.17) is 4.74 Å². The minimum atomic E-state index is 0.0183. The number of anilines is 1. The van der Waals surface area contributed by atoms with Crippen LogP contribution in [0, 0.1) is 0 Å². The van der Waals surface area contributed by atoms with Crippen molar-refractivity contribution in [2.75, 3.05) is 38.2 Å². The van der Waals surface area contributed by atoms with Crippen molar-refractivity contribution < 1.29 is 9.53 Å². The van der Waals surface area contributed by atoms with Crippen molar-refractivity contribution in [1.29, 1.82) is 0 Å². The van der Waals surface area contributed by atoms with Crippen LogP contribution >= 0.6 is 0 Å². The van der Waals surface area contributed by atoms with Crippen LogP contribution in [-0.4, -0.2) is 44.1 Å². The second kappa shape index (κ2) is 6.42. The van der Waals surface area contributed by atoms with E-state index in [1.165, 1.54) is 17.3 Å². The third kappa shape index (κ3) is 3.43. The third-order valence-electron chi connectivity index (χ3n) is 4.12. The van der Waals surface area contributed by atoms with Crippen molar-refractivity contribution in [3.8, 4) is 5.75 Å². The van der Waals surface area contributed by atoms with Gasteiger partial charge in [-0.2, -0.15) is 0 Å². The zero-order valence-electron chi connectivity index (χ0n) is 14.1. The van der Waals surface area contributed by atoms with E-state index in [-0.39, 0.29) is 11.3 Å². The van der Waals surface area contributed by atoms with Gasteiger partial charge < -0.3 is 14.5 Å². The van der Waals surface area contributed by atoms with E-state index >= 15 is 0 Å². The van der Waals surface area contributed by atoms with E-state index in [9.17, 15) is 4.79 Å². The Balaban J connectivity index is 2.17. The van der Waals surface area contributed by atoms with E-state index < -0.39 is 0 Å². The molecule has 1 heterocycles. The average Bonchev–Trinajstić information content (AvgIpc) is 2.52. The summed E-state index contributed by atoms with van der Waals surface area (Å²) in [5, 5.41) is 0. The van der Waals surface area contributed by atoms with Crippen LogP contribution in [0.25, 0.3) is 0 Å². The Morgan fingerprint density at radius 1 is 1.23 bits per heavy atom. The molecule has 0 spiro atoms. The normalized spacial score (nSPS) is 15.6. The van der Waals surface area contributed by atoms with Crippen LogP contribution in [-0.2, 0) is 10.2 Å². The number of amides is 1. The van der Waals surface area contributed by atoms with Gasteiger partial charge in [0.15, 0.2) is 0 Å². The van der Waals surface area contributed by atoms with Crippen LogP contribution < -0.4 is 9.64 Å². The molecule has 1 fully saturated rings. The van der Waals surface area contributed by atoms with Gasteiger partial charge in [0.2, 0.25) is 5.91 Å². The van der Waals surface area contributed by atoms with Crippen LogP contribution in [0.15, 0.2) is 30.9 Å². The summed E-state index contributed by atoms with van der Waals surface area (Å²) in [6.45, 7) is 13.3. The lowest BCUT2D eigenvalue weighted by Gasteiger charge is -2.36. The number of hydrogen-bond acceptors (Lipinski definition) is 3. The Bertz CT molecular complexity index is 553. The largest absolute Gasteiger partial charge is 0.496 e. The fourth-order valence-electron chi connectivity index (χ4n) is 2.79. The van der Waals surface area contributed by atoms with Gasteiger partial charge in [0.05, 0.1) is 7.11 Å². The smallest absolute Gasteiger partial charge is 0.246 e. The highest BCUT2D eigenvalue weighted by molar-refractivity contribution is 5.87. The maximum atomic E-state index is 11.7. The number of carbonyl (C=O) groups excluding carboxylic acids is 1. The first-order valence-corrected chi connectivity index (χ1v) is 7.71. The lowest BCUT2D eigenvalue weighted by Crippen LogP contribution is -2.48. The minimum Gasteiger partial charge on any atom is -0.496 e. The molecule has 0 atom stereocenters. The van der Waals surface area contributed by atoms with Crippen molar-refractivity contribution >= 4 is 11.6 Å². The molecule has 0 aliphatic carbocycles. The Morgan fingerprint density at radius 3 is 2.36 bits per heavy atom. The van der Waals surface area contributed by atoms with Gasteiger partial charge in [-0.25, -0.2) is 0 Å². The Morgan fingerprint density at radius 2 is 1.86 bits per heavy atom. The molecule has 22 heavy (non-hydrogen) atoms. The van der Waals surface area contributed by atoms with Crippen LogP contribution in [0.1, 0.15) is 26.3 Å². The maximum Gasteiger partial charge on any atom is 0.246 e. The highest BCUT2D eigenvalue weighted by atomic mass is 16.5. The third-order valence-corrected chi connectivity index (χ3v) is 4.12. The zero-order valence-corrected chi connectivity index (χ0v) is 14.1. The first-order valence-electron chi connectivity index (χ1n) is 7.71. The van der Waals surface area contributed by atoms with Crippen molar-refractivity contribution in [3.05, 3.63) is 36.4 Å². The Labute approximate surface area is 133 Å². The highest BCUT2D eigenvalue weighted by Crippen LogP contribution is 2.34. The molecule has 0 radical (unpaired) electrons. The molecule has 4 heteroatoms. The van der Waals surface area contributed by atoms with Crippen molar-refractivity contribution in [3.63, 3.8) is 0 Å². The predicted octanol–water partition coefficient (Wildman–Crippen LogP) is 2.83. The van der Waals surface area contributed by atoms with Gasteiger partial charge in [-0.1, -0.05) is 27.4 Å². The first-order chi connectivity index (χ1) is 10.4. The van der Waals surface area contributed by atoms with Crippen molar-refractivity contribution in [2.24, 2.45) is 0 Å². The SMILES string of the molecule is C=CC(=O)N1CCN(c2ccc(OC)c(C(C)(C)C)c2)CC1. The summed E-state index contributed by atoms with van der Waals surface area (Å²) in [5.74, 6) is 0.946. The number of benzene rings is 1. The van der Waals surface area contributed by atoms with Crippen molar-refractivity contribution in [2.45, 2.75) is 26.2 Å². The van der Waals surface area contributed by atoms with Crippen LogP contribution in [0.2, 0.25) is 0 Å². The fourth-order valence-corrected chi connectivity index (χ4v) is 2.79. The Kier molecular flexibility index (Phi) is 4.79. The van der Waals surface area contributed by atoms with Gasteiger partial charge in [-0.15, -0.1) is 0 Å². The van der Waals surface area contributed by atoms with Crippen LogP contribution in [0.3, 0.4) is 0 Å². The van der Waals surface area contributed by atoms with Gasteiger partial charge >= 0.3 is 0 Å². The number of hydrogen-bond donors (Lipinski definition) is 0. The van der Waals surface area contributed by atoms with Crippen LogP contribution in [0.4, 0.5) is 5.69 Å². The van der Waals surface area contributed by atoms with E-state index in [0.29, 0.717) is 0 Å². The van der Waals surface area contributed by atoms with Crippen molar-refractivity contribution in [1.82, 2.24) is 4.90 Å². The van der Waals surface area contributed by atoms with Gasteiger partial charge in [0.25, 0.3) is 0 Å². The van der Waals surface area contributed by atoms with Crippen LogP contribution in [0.5, 0.6) is 5.75 Å². The molecule has 1 aliphatic heterocycles. The molecule has 1 saturated heterocycles.